The fourth-order valence-corrected chi connectivity index (χ4v) is 2.45. The Labute approximate surface area is 123 Å². The summed E-state index contributed by atoms with van der Waals surface area (Å²) in [4.78, 5) is 0. The van der Waals surface area contributed by atoms with Gasteiger partial charge in [-0.05, 0) is 54.8 Å². The highest BCUT2D eigenvalue weighted by Gasteiger charge is 2.08. The molecule has 1 aromatic heterocycles. The highest BCUT2D eigenvalue weighted by molar-refractivity contribution is 5.59. The maximum absolute atomic E-state index is 13.1. The molecule has 0 amide bonds. The molecule has 3 rings (SSSR count). The summed E-state index contributed by atoms with van der Waals surface area (Å²) < 4.78 is 15.1. The Hall–Kier alpha value is -2.42. The van der Waals surface area contributed by atoms with Crippen LogP contribution in [-0.4, -0.2) is 9.78 Å². The Morgan fingerprint density at radius 2 is 1.71 bits per heavy atom. The third kappa shape index (κ3) is 3.19. The van der Waals surface area contributed by atoms with Crippen molar-refractivity contribution in [2.45, 2.75) is 19.9 Å². The summed E-state index contributed by atoms with van der Waals surface area (Å²) in [6, 6.07) is 19.0. The van der Waals surface area contributed by atoms with Crippen LogP contribution >= 0.6 is 0 Å². The van der Waals surface area contributed by atoms with Gasteiger partial charge >= 0.3 is 0 Å². The first-order chi connectivity index (χ1) is 10.2. The molecule has 106 valence electrons. The highest BCUT2D eigenvalue weighted by Crippen LogP contribution is 2.21. The van der Waals surface area contributed by atoms with Crippen LogP contribution in [-0.2, 0) is 13.0 Å². The molecule has 0 fully saturated rings. The third-order valence-corrected chi connectivity index (χ3v) is 3.50. The lowest BCUT2D eigenvalue weighted by atomic mass is 10.1. The van der Waals surface area contributed by atoms with Crippen molar-refractivity contribution < 1.29 is 4.39 Å². The van der Waals surface area contributed by atoms with E-state index in [1.54, 1.807) is 12.1 Å². The van der Waals surface area contributed by atoms with Gasteiger partial charge in [0, 0.05) is 6.54 Å². The highest BCUT2D eigenvalue weighted by atomic mass is 19.1. The quantitative estimate of drug-likeness (QED) is 0.699. The molecular weight excluding hydrogens is 263 g/mol. The van der Waals surface area contributed by atoms with Crippen molar-refractivity contribution in [3.05, 3.63) is 77.7 Å². The van der Waals surface area contributed by atoms with E-state index in [1.807, 2.05) is 35.9 Å². The molecule has 0 N–H and O–H groups in total. The van der Waals surface area contributed by atoms with Crippen molar-refractivity contribution in [2.24, 2.45) is 0 Å². The zero-order valence-electron chi connectivity index (χ0n) is 12.0. The van der Waals surface area contributed by atoms with Crippen LogP contribution in [0, 0.1) is 12.7 Å². The van der Waals surface area contributed by atoms with Crippen molar-refractivity contribution in [1.82, 2.24) is 9.78 Å². The molecule has 0 aliphatic heterocycles. The minimum atomic E-state index is -0.217. The fraction of sp³-hybridized carbons (Fsp3) is 0.167. The Balaban J connectivity index is 1.84. The van der Waals surface area contributed by atoms with Crippen LogP contribution in [0.1, 0.15) is 11.3 Å². The van der Waals surface area contributed by atoms with Gasteiger partial charge in [0.2, 0.25) is 0 Å². The molecule has 0 aliphatic carbocycles. The number of hydrogen-bond acceptors (Lipinski definition) is 1. The van der Waals surface area contributed by atoms with Gasteiger partial charge in [-0.2, -0.15) is 5.10 Å². The Bertz CT molecular complexity index is 715. The van der Waals surface area contributed by atoms with E-state index in [-0.39, 0.29) is 5.82 Å². The van der Waals surface area contributed by atoms with Crippen LogP contribution in [0.4, 0.5) is 4.39 Å². The van der Waals surface area contributed by atoms with E-state index in [0.717, 1.165) is 29.9 Å². The number of halogens is 1. The smallest absolute Gasteiger partial charge is 0.123 e. The summed E-state index contributed by atoms with van der Waals surface area (Å²) in [5.74, 6) is -0.217. The van der Waals surface area contributed by atoms with Gasteiger partial charge in [-0.25, -0.2) is 4.39 Å². The topological polar surface area (TPSA) is 17.8 Å². The Kier molecular flexibility index (Phi) is 3.82. The van der Waals surface area contributed by atoms with Crippen LogP contribution in [0.5, 0.6) is 0 Å². The van der Waals surface area contributed by atoms with E-state index < -0.39 is 0 Å². The molecule has 3 heteroatoms. The molecule has 3 aromatic rings. The lowest BCUT2D eigenvalue weighted by molar-refractivity contribution is 0.615. The van der Waals surface area contributed by atoms with Gasteiger partial charge in [-0.15, -0.1) is 0 Å². The molecule has 0 saturated carbocycles. The van der Waals surface area contributed by atoms with Crippen molar-refractivity contribution in [3.63, 3.8) is 0 Å². The van der Waals surface area contributed by atoms with Crippen molar-refractivity contribution in [2.75, 3.05) is 0 Å². The van der Waals surface area contributed by atoms with Gasteiger partial charge in [-0.3, -0.25) is 4.68 Å². The summed E-state index contributed by atoms with van der Waals surface area (Å²) in [7, 11) is 0. The molecule has 21 heavy (non-hydrogen) atoms. The van der Waals surface area contributed by atoms with Crippen LogP contribution < -0.4 is 0 Å². The maximum atomic E-state index is 13.1. The van der Waals surface area contributed by atoms with Gasteiger partial charge in [0.15, 0.2) is 0 Å². The van der Waals surface area contributed by atoms with Crippen LogP contribution in [0.3, 0.4) is 0 Å². The summed E-state index contributed by atoms with van der Waals surface area (Å²) in [5.41, 5.74) is 4.28. The molecule has 0 spiro atoms. The SMILES string of the molecule is Cc1cc(-c2ccc(F)cc2)n(CCc2ccccc2)n1. The standard InChI is InChI=1S/C18H17FN2/c1-14-13-18(16-7-9-17(19)10-8-16)21(20-14)12-11-15-5-3-2-4-6-15/h2-10,13H,11-12H2,1H3. The summed E-state index contributed by atoms with van der Waals surface area (Å²) in [6.07, 6.45) is 0.927. The second-order valence-electron chi connectivity index (χ2n) is 5.14. The number of aromatic nitrogens is 2. The lowest BCUT2D eigenvalue weighted by Gasteiger charge is -2.08. The molecule has 2 nitrogen and oxygen atoms in total. The monoisotopic (exact) mass is 280 g/mol. The summed E-state index contributed by atoms with van der Waals surface area (Å²) in [5, 5.41) is 4.55. The zero-order chi connectivity index (χ0) is 14.7. The summed E-state index contributed by atoms with van der Waals surface area (Å²) in [6.45, 7) is 2.79. The number of aryl methyl sites for hydroxylation is 3. The van der Waals surface area contributed by atoms with Crippen molar-refractivity contribution >= 4 is 0 Å². The molecule has 0 saturated heterocycles. The number of hydrogen-bond donors (Lipinski definition) is 0. The number of benzene rings is 2. The van der Waals surface area contributed by atoms with E-state index in [9.17, 15) is 4.39 Å². The van der Waals surface area contributed by atoms with E-state index in [0.29, 0.717) is 0 Å². The lowest BCUT2D eigenvalue weighted by Crippen LogP contribution is -2.05. The van der Waals surface area contributed by atoms with Crippen molar-refractivity contribution in [1.29, 1.82) is 0 Å². The van der Waals surface area contributed by atoms with Crippen LogP contribution in [0.25, 0.3) is 11.3 Å². The molecular formula is C18H17FN2. The predicted molar refractivity (Wildman–Crippen MR) is 82.5 cm³/mol. The molecule has 2 aromatic carbocycles. The van der Waals surface area contributed by atoms with E-state index in [1.165, 1.54) is 17.7 Å². The average Bonchev–Trinajstić information content (AvgIpc) is 2.88. The molecule has 0 unspecified atom stereocenters. The van der Waals surface area contributed by atoms with Gasteiger partial charge in [-0.1, -0.05) is 30.3 Å². The Morgan fingerprint density at radius 1 is 1.00 bits per heavy atom. The average molecular weight is 280 g/mol. The van der Waals surface area contributed by atoms with E-state index in [2.05, 4.69) is 17.2 Å². The number of rotatable bonds is 4. The normalized spacial score (nSPS) is 10.8. The number of nitrogens with zero attached hydrogens (tertiary/aromatic N) is 2. The maximum Gasteiger partial charge on any atom is 0.123 e. The Morgan fingerprint density at radius 3 is 2.43 bits per heavy atom. The largest absolute Gasteiger partial charge is 0.264 e. The first kappa shape index (κ1) is 13.6. The van der Waals surface area contributed by atoms with E-state index in [4.69, 9.17) is 0 Å². The summed E-state index contributed by atoms with van der Waals surface area (Å²) >= 11 is 0. The fourth-order valence-electron chi connectivity index (χ4n) is 2.45. The van der Waals surface area contributed by atoms with Crippen LogP contribution in [0.15, 0.2) is 60.7 Å². The zero-order valence-corrected chi connectivity index (χ0v) is 12.0. The molecule has 0 bridgehead atoms. The molecule has 0 aliphatic rings. The second kappa shape index (κ2) is 5.92. The molecule has 0 radical (unpaired) electrons. The second-order valence-corrected chi connectivity index (χ2v) is 5.14. The van der Waals surface area contributed by atoms with Gasteiger partial charge in [0.25, 0.3) is 0 Å². The van der Waals surface area contributed by atoms with Crippen molar-refractivity contribution in [3.8, 4) is 11.3 Å². The molecule has 0 atom stereocenters. The molecule has 1 heterocycles. The minimum Gasteiger partial charge on any atom is -0.264 e. The van der Waals surface area contributed by atoms with Gasteiger partial charge < -0.3 is 0 Å². The van der Waals surface area contributed by atoms with E-state index >= 15 is 0 Å². The minimum absolute atomic E-state index is 0.217. The first-order valence-electron chi connectivity index (χ1n) is 7.07. The predicted octanol–water partition coefficient (Wildman–Crippen LogP) is 4.24. The first-order valence-corrected chi connectivity index (χ1v) is 7.07. The van der Waals surface area contributed by atoms with Crippen LogP contribution in [0.2, 0.25) is 0 Å². The van der Waals surface area contributed by atoms with Gasteiger partial charge in [0.1, 0.15) is 5.82 Å². The van der Waals surface area contributed by atoms with Gasteiger partial charge in [0.05, 0.1) is 11.4 Å². The third-order valence-electron chi connectivity index (χ3n) is 3.50.